The Morgan fingerprint density at radius 2 is 1.60 bits per heavy atom. The number of hydrogen-bond acceptors (Lipinski definition) is 2. The SMILES string of the molecule is CCCCCCCCCCNc1cccc(OCC)c1. The molecule has 0 bridgehead atoms. The van der Waals surface area contributed by atoms with E-state index in [0.29, 0.717) is 0 Å². The molecule has 1 N–H and O–H groups in total. The normalized spacial score (nSPS) is 10.5. The monoisotopic (exact) mass is 277 g/mol. The van der Waals surface area contributed by atoms with Crippen LogP contribution in [0.25, 0.3) is 0 Å². The lowest BCUT2D eigenvalue weighted by atomic mass is 10.1. The first kappa shape index (κ1) is 16.9. The van der Waals surface area contributed by atoms with Crippen LogP contribution < -0.4 is 10.1 Å². The van der Waals surface area contributed by atoms with Gasteiger partial charge in [0, 0.05) is 18.3 Å². The van der Waals surface area contributed by atoms with Gasteiger partial charge in [0.1, 0.15) is 5.75 Å². The van der Waals surface area contributed by atoms with Gasteiger partial charge in [0.25, 0.3) is 0 Å². The van der Waals surface area contributed by atoms with Crippen molar-refractivity contribution in [2.45, 2.75) is 65.2 Å². The number of anilines is 1. The van der Waals surface area contributed by atoms with Gasteiger partial charge in [-0.25, -0.2) is 0 Å². The van der Waals surface area contributed by atoms with Gasteiger partial charge in [-0.3, -0.25) is 0 Å². The van der Waals surface area contributed by atoms with Crippen LogP contribution in [0, 0.1) is 0 Å². The molecule has 0 aliphatic heterocycles. The first-order chi connectivity index (χ1) is 9.86. The van der Waals surface area contributed by atoms with E-state index < -0.39 is 0 Å². The number of benzene rings is 1. The topological polar surface area (TPSA) is 21.3 Å². The van der Waals surface area contributed by atoms with Crippen molar-refractivity contribution in [1.29, 1.82) is 0 Å². The van der Waals surface area contributed by atoms with E-state index in [4.69, 9.17) is 4.74 Å². The summed E-state index contributed by atoms with van der Waals surface area (Å²) >= 11 is 0. The molecule has 0 saturated heterocycles. The molecule has 0 heterocycles. The van der Waals surface area contributed by atoms with E-state index in [9.17, 15) is 0 Å². The zero-order valence-electron chi connectivity index (χ0n) is 13.3. The highest BCUT2D eigenvalue weighted by Crippen LogP contribution is 2.17. The van der Waals surface area contributed by atoms with Crippen LogP contribution in [-0.4, -0.2) is 13.2 Å². The molecule has 2 heteroatoms. The number of unbranched alkanes of at least 4 members (excludes halogenated alkanes) is 7. The Kier molecular flexibility index (Phi) is 9.81. The van der Waals surface area contributed by atoms with Crippen molar-refractivity contribution in [2.24, 2.45) is 0 Å². The molecule has 0 amide bonds. The highest BCUT2D eigenvalue weighted by atomic mass is 16.5. The van der Waals surface area contributed by atoms with Crippen LogP contribution in [-0.2, 0) is 0 Å². The molecule has 0 atom stereocenters. The van der Waals surface area contributed by atoms with Crippen molar-refractivity contribution in [1.82, 2.24) is 0 Å². The van der Waals surface area contributed by atoms with Gasteiger partial charge in [-0.15, -0.1) is 0 Å². The van der Waals surface area contributed by atoms with Gasteiger partial charge < -0.3 is 10.1 Å². The molecule has 0 spiro atoms. The van der Waals surface area contributed by atoms with E-state index in [1.54, 1.807) is 0 Å². The van der Waals surface area contributed by atoms with Crippen LogP contribution in [0.2, 0.25) is 0 Å². The molecule has 1 aromatic rings. The summed E-state index contributed by atoms with van der Waals surface area (Å²) in [5, 5.41) is 3.47. The lowest BCUT2D eigenvalue weighted by Gasteiger charge is -2.08. The standard InChI is InChI=1S/C18H31NO/c1-3-5-6-7-8-9-10-11-15-19-17-13-12-14-18(16-17)20-4-2/h12-14,16,19H,3-11,15H2,1-2H3. The largest absolute Gasteiger partial charge is 0.494 e. The highest BCUT2D eigenvalue weighted by Gasteiger charge is 1.96. The lowest BCUT2D eigenvalue weighted by Crippen LogP contribution is -2.01. The fourth-order valence-electron chi connectivity index (χ4n) is 2.35. The lowest BCUT2D eigenvalue weighted by molar-refractivity contribution is 0.340. The summed E-state index contributed by atoms with van der Waals surface area (Å²) in [5.41, 5.74) is 1.17. The zero-order chi connectivity index (χ0) is 14.5. The van der Waals surface area contributed by atoms with Crippen LogP contribution in [0.5, 0.6) is 5.75 Å². The van der Waals surface area contributed by atoms with Crippen LogP contribution in [0.3, 0.4) is 0 Å². The number of ether oxygens (including phenoxy) is 1. The summed E-state index contributed by atoms with van der Waals surface area (Å²) in [6, 6.07) is 8.23. The minimum Gasteiger partial charge on any atom is -0.494 e. The summed E-state index contributed by atoms with van der Waals surface area (Å²) in [6.45, 7) is 6.07. The molecule has 0 saturated carbocycles. The molecule has 0 aromatic heterocycles. The predicted molar refractivity (Wildman–Crippen MR) is 88.7 cm³/mol. The fraction of sp³-hybridized carbons (Fsp3) is 0.667. The van der Waals surface area contributed by atoms with Gasteiger partial charge in [-0.05, 0) is 25.5 Å². The summed E-state index contributed by atoms with van der Waals surface area (Å²) in [7, 11) is 0. The van der Waals surface area contributed by atoms with Crippen molar-refractivity contribution < 1.29 is 4.74 Å². The maximum Gasteiger partial charge on any atom is 0.121 e. The molecule has 2 nitrogen and oxygen atoms in total. The van der Waals surface area contributed by atoms with Gasteiger partial charge in [0.15, 0.2) is 0 Å². The second kappa shape index (κ2) is 11.6. The maximum absolute atomic E-state index is 5.50. The second-order valence-corrected chi connectivity index (χ2v) is 5.36. The minimum absolute atomic E-state index is 0.724. The van der Waals surface area contributed by atoms with E-state index in [1.807, 2.05) is 19.1 Å². The molecule has 0 aliphatic rings. The molecule has 0 radical (unpaired) electrons. The molecule has 0 unspecified atom stereocenters. The summed E-state index contributed by atoms with van der Waals surface area (Å²) in [5.74, 6) is 0.952. The van der Waals surface area contributed by atoms with E-state index in [1.165, 1.54) is 57.1 Å². The maximum atomic E-state index is 5.50. The first-order valence-electron chi connectivity index (χ1n) is 8.33. The van der Waals surface area contributed by atoms with Gasteiger partial charge in [0.2, 0.25) is 0 Å². The summed E-state index contributed by atoms with van der Waals surface area (Å²) < 4.78 is 5.50. The zero-order valence-corrected chi connectivity index (χ0v) is 13.3. The molecular formula is C18H31NO. The van der Waals surface area contributed by atoms with Gasteiger partial charge in [0.05, 0.1) is 6.61 Å². The van der Waals surface area contributed by atoms with E-state index in [-0.39, 0.29) is 0 Å². The molecule has 114 valence electrons. The summed E-state index contributed by atoms with van der Waals surface area (Å²) in [6.07, 6.45) is 10.9. The Labute approximate surface area is 124 Å². The fourth-order valence-corrected chi connectivity index (χ4v) is 2.35. The van der Waals surface area contributed by atoms with Crippen molar-refractivity contribution >= 4 is 5.69 Å². The van der Waals surface area contributed by atoms with Crippen molar-refractivity contribution in [3.8, 4) is 5.75 Å². The van der Waals surface area contributed by atoms with Crippen molar-refractivity contribution in [3.05, 3.63) is 24.3 Å². The van der Waals surface area contributed by atoms with Gasteiger partial charge in [-0.1, -0.05) is 57.9 Å². The second-order valence-electron chi connectivity index (χ2n) is 5.36. The number of rotatable bonds is 12. The average molecular weight is 277 g/mol. The van der Waals surface area contributed by atoms with Gasteiger partial charge >= 0.3 is 0 Å². The highest BCUT2D eigenvalue weighted by molar-refractivity contribution is 5.48. The number of nitrogens with one attached hydrogen (secondary N) is 1. The Hall–Kier alpha value is -1.18. The molecule has 1 rings (SSSR count). The quantitative estimate of drug-likeness (QED) is 0.499. The third-order valence-corrected chi connectivity index (χ3v) is 3.50. The third kappa shape index (κ3) is 8.08. The Balaban J connectivity index is 2.02. The van der Waals surface area contributed by atoms with E-state index in [0.717, 1.165) is 18.9 Å². The van der Waals surface area contributed by atoms with Crippen molar-refractivity contribution in [3.63, 3.8) is 0 Å². The van der Waals surface area contributed by atoms with E-state index >= 15 is 0 Å². The van der Waals surface area contributed by atoms with E-state index in [2.05, 4.69) is 24.4 Å². The minimum atomic E-state index is 0.724. The number of hydrogen-bond donors (Lipinski definition) is 1. The molecule has 1 aromatic carbocycles. The van der Waals surface area contributed by atoms with Crippen LogP contribution >= 0.6 is 0 Å². The Morgan fingerprint density at radius 1 is 0.900 bits per heavy atom. The third-order valence-electron chi connectivity index (χ3n) is 3.50. The first-order valence-corrected chi connectivity index (χ1v) is 8.33. The molecule has 0 aliphatic carbocycles. The Morgan fingerprint density at radius 3 is 2.30 bits per heavy atom. The average Bonchev–Trinajstić information content (AvgIpc) is 2.46. The Bertz CT molecular complexity index is 338. The van der Waals surface area contributed by atoms with Gasteiger partial charge in [-0.2, -0.15) is 0 Å². The van der Waals surface area contributed by atoms with Crippen LogP contribution in [0.15, 0.2) is 24.3 Å². The molecule has 0 fully saturated rings. The summed E-state index contributed by atoms with van der Waals surface area (Å²) in [4.78, 5) is 0. The molecular weight excluding hydrogens is 246 g/mol. The van der Waals surface area contributed by atoms with Crippen molar-refractivity contribution in [2.75, 3.05) is 18.5 Å². The van der Waals surface area contributed by atoms with Crippen LogP contribution in [0.1, 0.15) is 65.2 Å². The van der Waals surface area contributed by atoms with Crippen LogP contribution in [0.4, 0.5) is 5.69 Å². The predicted octanol–water partition coefficient (Wildman–Crippen LogP) is 5.64. The smallest absolute Gasteiger partial charge is 0.121 e. The molecule has 20 heavy (non-hydrogen) atoms.